The van der Waals surface area contributed by atoms with Crippen LogP contribution in [0.3, 0.4) is 0 Å². The van der Waals surface area contributed by atoms with Crippen molar-refractivity contribution in [2.45, 2.75) is 13.0 Å². The normalized spacial score (nSPS) is 12.0. The zero-order valence-electron chi connectivity index (χ0n) is 15.1. The highest BCUT2D eigenvalue weighted by molar-refractivity contribution is 5.95. The fourth-order valence-corrected chi connectivity index (χ4v) is 3.31. The average molecular weight is 371 g/mol. The van der Waals surface area contributed by atoms with Gasteiger partial charge in [0, 0.05) is 35.1 Å². The number of pyridine rings is 2. The minimum absolute atomic E-state index is 0.390. The number of rotatable bonds is 4. The van der Waals surface area contributed by atoms with Crippen LogP contribution in [0.4, 0.5) is 0 Å². The number of nitrogens with zero attached hydrogens (tertiary/aromatic N) is 3. The maximum atomic E-state index is 11.9. The molecular formula is C22H17N3O3. The number of hydrogen-bond donors (Lipinski definition) is 1. The zero-order valence-corrected chi connectivity index (χ0v) is 15.1. The number of nitroso groups, excluding NO2 is 1. The molecule has 2 heterocycles. The van der Waals surface area contributed by atoms with Gasteiger partial charge in [0.25, 0.3) is 0 Å². The summed E-state index contributed by atoms with van der Waals surface area (Å²) in [6, 6.07) is 16.1. The quantitative estimate of drug-likeness (QED) is 0.532. The van der Waals surface area contributed by atoms with Crippen LogP contribution in [0.15, 0.2) is 83.2 Å². The summed E-state index contributed by atoms with van der Waals surface area (Å²) in [6.07, 6.45) is 4.94. The molecule has 28 heavy (non-hydrogen) atoms. The molecule has 0 spiro atoms. The van der Waals surface area contributed by atoms with Crippen LogP contribution in [-0.4, -0.2) is 14.7 Å². The summed E-state index contributed by atoms with van der Waals surface area (Å²) in [5.41, 5.74) is 2.46. The third kappa shape index (κ3) is 3.05. The molecule has 0 fully saturated rings. The van der Waals surface area contributed by atoms with E-state index in [0.717, 1.165) is 21.9 Å². The van der Waals surface area contributed by atoms with E-state index in [1.54, 1.807) is 17.7 Å². The second-order valence-corrected chi connectivity index (χ2v) is 6.56. The van der Waals surface area contributed by atoms with E-state index in [2.05, 4.69) is 10.2 Å². The molecule has 0 radical (unpaired) electrons. The van der Waals surface area contributed by atoms with E-state index in [1.807, 2.05) is 54.7 Å². The molecule has 1 unspecified atom stereocenters. The van der Waals surface area contributed by atoms with Crippen molar-refractivity contribution >= 4 is 10.8 Å². The van der Waals surface area contributed by atoms with Gasteiger partial charge in [-0.25, -0.2) is 0 Å². The summed E-state index contributed by atoms with van der Waals surface area (Å²) in [5.74, 6) is -0.390. The largest absolute Gasteiger partial charge is 0.503 e. The van der Waals surface area contributed by atoms with Crippen LogP contribution in [0.25, 0.3) is 27.6 Å². The molecule has 0 saturated heterocycles. The van der Waals surface area contributed by atoms with Crippen molar-refractivity contribution in [2.75, 3.05) is 0 Å². The summed E-state index contributed by atoms with van der Waals surface area (Å²) in [5, 5.41) is 15.1. The number of benzene rings is 2. The minimum atomic E-state index is -0.740. The molecule has 0 saturated carbocycles. The summed E-state index contributed by atoms with van der Waals surface area (Å²) < 4.78 is 1.62. The van der Waals surface area contributed by atoms with Crippen molar-refractivity contribution in [3.8, 4) is 22.6 Å². The van der Waals surface area contributed by atoms with Crippen molar-refractivity contribution in [3.05, 3.63) is 94.0 Å². The first kappa shape index (κ1) is 17.6. The Morgan fingerprint density at radius 3 is 2.71 bits per heavy atom. The molecule has 0 aliphatic rings. The number of aromatic nitrogens is 2. The number of fused-ring (bicyclic) bond motifs is 1. The Balaban J connectivity index is 1.92. The van der Waals surface area contributed by atoms with Crippen LogP contribution in [0, 0.1) is 4.91 Å². The smallest absolute Gasteiger partial charge is 0.223 e. The first-order valence-electron chi connectivity index (χ1n) is 8.80. The molecule has 6 heteroatoms. The molecule has 0 aliphatic carbocycles. The molecule has 138 valence electrons. The molecule has 4 rings (SSSR count). The number of hydrogen-bond acceptors (Lipinski definition) is 5. The molecule has 0 aliphatic heterocycles. The maximum absolute atomic E-state index is 11.9. The van der Waals surface area contributed by atoms with Crippen LogP contribution < -0.4 is 5.43 Å². The van der Waals surface area contributed by atoms with Gasteiger partial charge in [0.15, 0.2) is 5.75 Å². The molecule has 2 aromatic heterocycles. The Kier molecular flexibility index (Phi) is 4.45. The van der Waals surface area contributed by atoms with E-state index >= 15 is 0 Å². The third-order valence-corrected chi connectivity index (χ3v) is 4.75. The highest BCUT2D eigenvalue weighted by atomic mass is 16.3. The van der Waals surface area contributed by atoms with Gasteiger partial charge in [-0.2, -0.15) is 4.91 Å². The SMILES string of the molecule is CC(N=O)c1cc(=O)c(O)cn1-c1cccc(-c2cncc3ccccc23)c1. The van der Waals surface area contributed by atoms with Crippen molar-refractivity contribution in [1.82, 2.24) is 9.55 Å². The topological polar surface area (TPSA) is 84.5 Å². The molecular weight excluding hydrogens is 354 g/mol. The highest BCUT2D eigenvalue weighted by Crippen LogP contribution is 2.30. The Hall–Kier alpha value is -3.80. The van der Waals surface area contributed by atoms with E-state index in [-0.39, 0.29) is 5.75 Å². The van der Waals surface area contributed by atoms with Crippen LogP contribution in [-0.2, 0) is 0 Å². The third-order valence-electron chi connectivity index (χ3n) is 4.75. The van der Waals surface area contributed by atoms with Gasteiger partial charge in [-0.3, -0.25) is 9.78 Å². The predicted octanol–water partition coefficient (Wildman–Crippen LogP) is 4.59. The molecule has 1 atom stereocenters. The van der Waals surface area contributed by atoms with Gasteiger partial charge < -0.3 is 9.67 Å². The molecule has 4 aromatic rings. The van der Waals surface area contributed by atoms with Crippen LogP contribution >= 0.6 is 0 Å². The van der Waals surface area contributed by atoms with Gasteiger partial charge in [-0.05, 0) is 30.0 Å². The summed E-state index contributed by atoms with van der Waals surface area (Å²) in [7, 11) is 0. The monoisotopic (exact) mass is 371 g/mol. The van der Waals surface area contributed by atoms with Gasteiger partial charge in [-0.15, -0.1) is 0 Å². The van der Waals surface area contributed by atoms with Crippen molar-refractivity contribution < 1.29 is 5.11 Å². The summed E-state index contributed by atoms with van der Waals surface area (Å²) in [6.45, 7) is 1.60. The maximum Gasteiger partial charge on any atom is 0.223 e. The minimum Gasteiger partial charge on any atom is -0.503 e. The zero-order chi connectivity index (χ0) is 19.7. The lowest BCUT2D eigenvalue weighted by molar-refractivity contribution is 0.463. The van der Waals surface area contributed by atoms with Gasteiger partial charge in [0.2, 0.25) is 5.43 Å². The van der Waals surface area contributed by atoms with Crippen LogP contribution in [0.5, 0.6) is 5.75 Å². The Morgan fingerprint density at radius 1 is 1.07 bits per heavy atom. The average Bonchev–Trinajstić information content (AvgIpc) is 2.74. The van der Waals surface area contributed by atoms with Crippen molar-refractivity contribution in [2.24, 2.45) is 5.18 Å². The van der Waals surface area contributed by atoms with E-state index in [1.165, 1.54) is 12.3 Å². The van der Waals surface area contributed by atoms with Crippen molar-refractivity contribution in [1.29, 1.82) is 0 Å². The van der Waals surface area contributed by atoms with E-state index in [0.29, 0.717) is 11.4 Å². The Bertz CT molecular complexity index is 1240. The number of aromatic hydroxyl groups is 1. The fraction of sp³-hybridized carbons (Fsp3) is 0.0909. The lowest BCUT2D eigenvalue weighted by atomic mass is 10.0. The molecule has 1 N–H and O–H groups in total. The first-order valence-corrected chi connectivity index (χ1v) is 8.80. The van der Waals surface area contributed by atoms with Gasteiger partial charge in [0.05, 0.1) is 11.9 Å². The fourth-order valence-electron chi connectivity index (χ4n) is 3.31. The second-order valence-electron chi connectivity index (χ2n) is 6.56. The Labute approximate surface area is 160 Å². The van der Waals surface area contributed by atoms with E-state index in [4.69, 9.17) is 0 Å². The van der Waals surface area contributed by atoms with Gasteiger partial charge in [0.1, 0.15) is 6.04 Å². The van der Waals surface area contributed by atoms with Crippen LogP contribution in [0.2, 0.25) is 0 Å². The highest BCUT2D eigenvalue weighted by Gasteiger charge is 2.15. The predicted molar refractivity (Wildman–Crippen MR) is 109 cm³/mol. The van der Waals surface area contributed by atoms with Crippen molar-refractivity contribution in [3.63, 3.8) is 0 Å². The second kappa shape index (κ2) is 7.08. The molecule has 0 bridgehead atoms. The lowest BCUT2D eigenvalue weighted by Gasteiger charge is -2.16. The summed E-state index contributed by atoms with van der Waals surface area (Å²) in [4.78, 5) is 27.3. The first-order chi connectivity index (χ1) is 13.6. The van der Waals surface area contributed by atoms with Gasteiger partial charge in [-0.1, -0.05) is 41.6 Å². The van der Waals surface area contributed by atoms with Crippen LogP contribution in [0.1, 0.15) is 18.7 Å². The standard InChI is InChI=1S/C22H17N3O3/c1-14(24-28)20-10-21(26)22(27)13-25(20)17-7-4-6-15(9-17)19-12-23-11-16-5-2-3-8-18(16)19/h2-14,27H,1H3. The molecule has 2 aromatic carbocycles. The Morgan fingerprint density at radius 2 is 1.89 bits per heavy atom. The lowest BCUT2D eigenvalue weighted by Crippen LogP contribution is -2.12. The van der Waals surface area contributed by atoms with Gasteiger partial charge >= 0.3 is 0 Å². The molecule has 6 nitrogen and oxygen atoms in total. The van der Waals surface area contributed by atoms with E-state index < -0.39 is 11.5 Å². The summed E-state index contributed by atoms with van der Waals surface area (Å²) >= 11 is 0. The molecule has 0 amide bonds. The van der Waals surface area contributed by atoms with E-state index in [9.17, 15) is 14.8 Å².